The number of aromatic nitrogens is 5. The molecule has 41 heavy (non-hydrogen) atoms. The van der Waals surface area contributed by atoms with Crippen LogP contribution >= 0.6 is 0 Å². The zero-order valence-corrected chi connectivity index (χ0v) is 23.3. The van der Waals surface area contributed by atoms with Gasteiger partial charge in [-0.05, 0) is 62.0 Å². The fourth-order valence-corrected chi connectivity index (χ4v) is 6.52. The van der Waals surface area contributed by atoms with Crippen LogP contribution in [0.1, 0.15) is 49.3 Å². The normalized spacial score (nSPS) is 17.0. The van der Waals surface area contributed by atoms with Crippen LogP contribution in [0.25, 0.3) is 27.5 Å². The van der Waals surface area contributed by atoms with E-state index in [2.05, 4.69) is 69.7 Å². The lowest BCUT2D eigenvalue weighted by atomic mass is 9.92. The molecule has 2 aromatic carbocycles. The van der Waals surface area contributed by atoms with Gasteiger partial charge in [-0.3, -0.25) is 14.4 Å². The number of piperidine rings is 2. The Balaban J connectivity index is 1.13. The molecule has 5 aromatic rings. The van der Waals surface area contributed by atoms with E-state index in [1.807, 2.05) is 20.2 Å². The largest absolute Gasteiger partial charge is 0.382 e. The van der Waals surface area contributed by atoms with E-state index >= 15 is 0 Å². The fraction of sp³-hybridized carbons (Fsp3) is 0.375. The van der Waals surface area contributed by atoms with E-state index in [1.54, 1.807) is 0 Å². The third kappa shape index (κ3) is 5.17. The maximum Gasteiger partial charge on any atom is 0.236 e. The lowest BCUT2D eigenvalue weighted by Gasteiger charge is -2.34. The Kier molecular flexibility index (Phi) is 6.88. The highest BCUT2D eigenvalue weighted by Crippen LogP contribution is 2.37. The van der Waals surface area contributed by atoms with Crippen molar-refractivity contribution in [2.45, 2.75) is 44.6 Å². The first-order valence-electron chi connectivity index (χ1n) is 14.8. The van der Waals surface area contributed by atoms with Gasteiger partial charge in [0, 0.05) is 41.8 Å². The molecule has 9 heteroatoms. The van der Waals surface area contributed by atoms with Crippen molar-refractivity contribution in [3.8, 4) is 11.1 Å². The number of hydrogen-bond acceptors (Lipinski definition) is 6. The van der Waals surface area contributed by atoms with Gasteiger partial charge in [0.05, 0.1) is 18.6 Å². The number of hydrogen-bond donors (Lipinski definition) is 1. The number of fused-ring (bicyclic) bond motifs is 2. The summed E-state index contributed by atoms with van der Waals surface area (Å²) < 4.78 is 3.95. The van der Waals surface area contributed by atoms with E-state index in [-0.39, 0.29) is 5.91 Å². The first kappa shape index (κ1) is 25.7. The number of nitrogen functional groups attached to an aromatic ring is 1. The highest BCUT2D eigenvalue weighted by atomic mass is 16.2. The van der Waals surface area contributed by atoms with E-state index in [1.165, 1.54) is 31.2 Å². The lowest BCUT2D eigenvalue weighted by molar-refractivity contribution is -0.133. The molecule has 0 spiro atoms. The van der Waals surface area contributed by atoms with Crippen molar-refractivity contribution in [1.82, 2.24) is 34.2 Å². The van der Waals surface area contributed by atoms with E-state index in [9.17, 15) is 4.79 Å². The number of nitrogens with two attached hydrogens (primary N) is 1. The Bertz CT molecular complexity index is 1680. The van der Waals surface area contributed by atoms with Gasteiger partial charge in [-0.25, -0.2) is 9.50 Å². The number of anilines is 1. The van der Waals surface area contributed by atoms with Gasteiger partial charge in [0.25, 0.3) is 0 Å². The van der Waals surface area contributed by atoms with Crippen LogP contribution in [0.5, 0.6) is 0 Å². The maximum absolute atomic E-state index is 13.0. The minimum Gasteiger partial charge on any atom is -0.382 e. The molecule has 9 nitrogen and oxygen atoms in total. The molecule has 2 saturated heterocycles. The number of benzene rings is 2. The van der Waals surface area contributed by atoms with Crippen molar-refractivity contribution in [2.75, 3.05) is 38.5 Å². The van der Waals surface area contributed by atoms with Crippen molar-refractivity contribution in [3.05, 3.63) is 78.4 Å². The minimum absolute atomic E-state index is 0.262. The predicted molar refractivity (Wildman–Crippen MR) is 161 cm³/mol. The Morgan fingerprint density at radius 1 is 0.951 bits per heavy atom. The quantitative estimate of drug-likeness (QED) is 0.334. The van der Waals surface area contributed by atoms with E-state index in [4.69, 9.17) is 10.8 Å². The number of carbonyl (C=O) groups is 1. The van der Waals surface area contributed by atoms with Crippen LogP contribution in [0.4, 0.5) is 5.82 Å². The Hall–Kier alpha value is -4.24. The molecule has 210 valence electrons. The maximum atomic E-state index is 13.0. The molecule has 0 saturated carbocycles. The summed E-state index contributed by atoms with van der Waals surface area (Å²) in [6, 6.07) is 19.0. The summed E-state index contributed by atoms with van der Waals surface area (Å²) in [5.41, 5.74) is 12.6. The van der Waals surface area contributed by atoms with Crippen LogP contribution in [-0.4, -0.2) is 72.8 Å². The minimum atomic E-state index is 0.262. The van der Waals surface area contributed by atoms with Crippen molar-refractivity contribution >= 4 is 28.1 Å². The van der Waals surface area contributed by atoms with Crippen molar-refractivity contribution < 1.29 is 4.79 Å². The molecule has 3 aromatic heterocycles. The molecule has 2 N–H and O–H groups in total. The van der Waals surface area contributed by atoms with E-state index < -0.39 is 0 Å². The van der Waals surface area contributed by atoms with Crippen molar-refractivity contribution in [1.29, 1.82) is 0 Å². The summed E-state index contributed by atoms with van der Waals surface area (Å²) in [5, 5.41) is 10.6. The fourth-order valence-electron chi connectivity index (χ4n) is 6.52. The molecule has 1 amide bonds. The van der Waals surface area contributed by atoms with Crippen molar-refractivity contribution in [3.63, 3.8) is 0 Å². The highest BCUT2D eigenvalue weighted by molar-refractivity contribution is 5.92. The van der Waals surface area contributed by atoms with Crippen LogP contribution < -0.4 is 5.73 Å². The van der Waals surface area contributed by atoms with Crippen LogP contribution in [0.15, 0.2) is 67.1 Å². The molecule has 0 aliphatic carbocycles. The van der Waals surface area contributed by atoms with Crippen molar-refractivity contribution in [2.24, 2.45) is 0 Å². The molecule has 2 fully saturated rings. The molecule has 0 bridgehead atoms. The molecular weight excluding hydrogens is 512 g/mol. The second-order valence-electron chi connectivity index (χ2n) is 11.5. The zero-order chi connectivity index (χ0) is 27.8. The van der Waals surface area contributed by atoms with E-state index in [0.29, 0.717) is 18.3 Å². The molecule has 0 atom stereocenters. The second kappa shape index (κ2) is 11.0. The second-order valence-corrected chi connectivity index (χ2v) is 11.5. The summed E-state index contributed by atoms with van der Waals surface area (Å²) in [4.78, 5) is 21.7. The van der Waals surface area contributed by atoms with Crippen LogP contribution in [0.3, 0.4) is 0 Å². The summed E-state index contributed by atoms with van der Waals surface area (Å²) in [5.74, 6) is 1.01. The average Bonchev–Trinajstić information content (AvgIpc) is 3.60. The zero-order valence-electron chi connectivity index (χ0n) is 23.3. The van der Waals surface area contributed by atoms with Gasteiger partial charge in [0.15, 0.2) is 5.82 Å². The van der Waals surface area contributed by atoms with Gasteiger partial charge >= 0.3 is 0 Å². The first-order valence-corrected chi connectivity index (χ1v) is 14.8. The van der Waals surface area contributed by atoms with Crippen LogP contribution in [-0.2, 0) is 11.3 Å². The monoisotopic (exact) mass is 548 g/mol. The number of nitrogens with zero attached hydrogens (tertiary/aromatic N) is 7. The number of rotatable bonds is 6. The topological polar surface area (TPSA) is 97.6 Å². The molecule has 5 heterocycles. The molecule has 0 unspecified atom stereocenters. The highest BCUT2D eigenvalue weighted by Gasteiger charge is 2.28. The first-order chi connectivity index (χ1) is 20.1. The third-order valence-electron chi connectivity index (χ3n) is 8.74. The summed E-state index contributed by atoms with van der Waals surface area (Å²) in [7, 11) is 0. The van der Waals surface area contributed by atoms with Gasteiger partial charge in [-0.2, -0.15) is 10.2 Å². The number of carbonyl (C=O) groups excluding carboxylic acids is 1. The Morgan fingerprint density at radius 2 is 1.76 bits per heavy atom. The number of likely N-dealkylation sites (tertiary alicyclic amines) is 2. The van der Waals surface area contributed by atoms with Gasteiger partial charge in [-0.15, -0.1) is 0 Å². The average molecular weight is 549 g/mol. The summed E-state index contributed by atoms with van der Waals surface area (Å²) in [6.45, 7) is 4.90. The molecule has 2 aliphatic heterocycles. The van der Waals surface area contributed by atoms with E-state index in [0.717, 1.165) is 78.8 Å². The molecular formula is C32H36N8O. The van der Waals surface area contributed by atoms with Gasteiger partial charge < -0.3 is 10.6 Å². The molecule has 2 aliphatic rings. The standard InChI is InChI=1S/C32H36N8O/c33-32-31-27(25-9-10-26-20-39(36-28(26)17-25)19-23-7-3-1-4-8-23)18-29(40(31)35-22-34-32)24-11-15-38(16-12-24)30(41)21-37-13-5-2-6-14-37/h1,3-4,7-10,17-18,20,22,24H,2,5-6,11-16,19,21H2,(H2,33,34,35). The lowest BCUT2D eigenvalue weighted by Crippen LogP contribution is -2.45. The summed E-state index contributed by atoms with van der Waals surface area (Å²) in [6.07, 6.45) is 9.12. The smallest absolute Gasteiger partial charge is 0.236 e. The molecule has 7 rings (SSSR count). The number of amides is 1. The summed E-state index contributed by atoms with van der Waals surface area (Å²) >= 11 is 0. The Labute approximate surface area is 239 Å². The Morgan fingerprint density at radius 3 is 2.56 bits per heavy atom. The third-order valence-corrected chi connectivity index (χ3v) is 8.74. The van der Waals surface area contributed by atoms with Gasteiger partial charge in [-0.1, -0.05) is 48.9 Å². The SMILES string of the molecule is Nc1ncnn2c(C3CCN(C(=O)CN4CCCCC4)CC3)cc(-c3ccc4cn(Cc5ccccc5)nc4c3)c12. The predicted octanol–water partition coefficient (Wildman–Crippen LogP) is 4.57. The molecule has 0 radical (unpaired) electrons. The van der Waals surface area contributed by atoms with Gasteiger partial charge in [0.2, 0.25) is 5.91 Å². The van der Waals surface area contributed by atoms with Gasteiger partial charge in [0.1, 0.15) is 11.8 Å². The van der Waals surface area contributed by atoms with Crippen LogP contribution in [0.2, 0.25) is 0 Å². The van der Waals surface area contributed by atoms with Crippen LogP contribution in [0, 0.1) is 0 Å².